The largest absolute Gasteiger partial charge is 0.497 e. The molecule has 2 aliphatic rings. The van der Waals surface area contributed by atoms with Crippen LogP contribution in [0.5, 0.6) is 5.75 Å². The summed E-state index contributed by atoms with van der Waals surface area (Å²) in [4.78, 5) is 14.5. The van der Waals surface area contributed by atoms with Crippen LogP contribution in [0.25, 0.3) is 0 Å². The van der Waals surface area contributed by atoms with Crippen molar-refractivity contribution in [2.24, 2.45) is 0 Å². The van der Waals surface area contributed by atoms with Gasteiger partial charge in [0.25, 0.3) is 5.91 Å². The van der Waals surface area contributed by atoms with E-state index in [1.165, 1.54) is 13.2 Å². The maximum Gasteiger partial charge on any atom is 0.256 e. The number of carbonyl (C=O) groups excluding carboxylic acids is 1. The first kappa shape index (κ1) is 19.1. The Labute approximate surface area is 154 Å². The molecule has 1 aliphatic carbocycles. The number of hydrogen-bond donors (Lipinski definition) is 2. The van der Waals surface area contributed by atoms with Crippen molar-refractivity contribution in [1.29, 1.82) is 0 Å². The lowest BCUT2D eigenvalue weighted by Gasteiger charge is -2.39. The van der Waals surface area contributed by atoms with Crippen LogP contribution < -0.4 is 10.1 Å². The minimum Gasteiger partial charge on any atom is -0.497 e. The third kappa shape index (κ3) is 4.01. The van der Waals surface area contributed by atoms with Gasteiger partial charge in [0.1, 0.15) is 11.6 Å². The van der Waals surface area contributed by atoms with Crippen LogP contribution in [0.4, 0.5) is 4.39 Å². The lowest BCUT2D eigenvalue weighted by molar-refractivity contribution is -0.157. The Hall–Kier alpha value is -1.66. The summed E-state index contributed by atoms with van der Waals surface area (Å²) in [6.45, 7) is 3.08. The molecule has 0 bridgehead atoms. The first-order chi connectivity index (χ1) is 12.4. The number of amides is 1. The van der Waals surface area contributed by atoms with Gasteiger partial charge in [-0.1, -0.05) is 13.3 Å². The number of benzene rings is 1. The van der Waals surface area contributed by atoms with E-state index in [1.807, 2.05) is 0 Å². The summed E-state index contributed by atoms with van der Waals surface area (Å²) >= 11 is 0. The second kappa shape index (κ2) is 7.53. The van der Waals surface area contributed by atoms with Gasteiger partial charge in [0, 0.05) is 30.7 Å². The fraction of sp³-hybridized carbons (Fsp3) is 0.650. The molecule has 6 heteroatoms. The molecule has 26 heavy (non-hydrogen) atoms. The van der Waals surface area contributed by atoms with Crippen molar-refractivity contribution in [3.63, 3.8) is 0 Å². The van der Waals surface area contributed by atoms with Crippen LogP contribution in [0.2, 0.25) is 0 Å². The van der Waals surface area contributed by atoms with E-state index in [9.17, 15) is 14.3 Å². The van der Waals surface area contributed by atoms with Crippen LogP contribution in [-0.2, 0) is 11.3 Å². The average Bonchev–Trinajstić information content (AvgIpc) is 3.40. The third-order valence-electron chi connectivity index (χ3n) is 5.66. The number of β-amino-alcohol motifs (C(OH)–C–C–N with tert-alkyl or cyclic N) is 1. The molecule has 1 aromatic rings. The first-order valence-electron chi connectivity index (χ1n) is 9.51. The molecule has 1 amide bonds. The Bertz CT molecular complexity index is 662. The molecule has 3 rings (SSSR count). The number of carbonyl (C=O) groups is 1. The van der Waals surface area contributed by atoms with E-state index in [4.69, 9.17) is 4.74 Å². The van der Waals surface area contributed by atoms with Gasteiger partial charge in [0.2, 0.25) is 0 Å². The van der Waals surface area contributed by atoms with E-state index < -0.39 is 5.60 Å². The van der Waals surface area contributed by atoms with Crippen molar-refractivity contribution < 1.29 is 19.0 Å². The van der Waals surface area contributed by atoms with Crippen molar-refractivity contribution in [2.75, 3.05) is 20.2 Å². The van der Waals surface area contributed by atoms with Crippen LogP contribution in [0.1, 0.15) is 51.0 Å². The van der Waals surface area contributed by atoms with E-state index in [-0.39, 0.29) is 30.4 Å². The molecular formula is C20H29FN2O3. The van der Waals surface area contributed by atoms with Crippen molar-refractivity contribution in [2.45, 2.75) is 63.1 Å². The fourth-order valence-electron chi connectivity index (χ4n) is 3.86. The minimum absolute atomic E-state index is 0.103. The molecule has 5 nitrogen and oxygen atoms in total. The maximum absolute atomic E-state index is 14.1. The Morgan fingerprint density at radius 3 is 2.77 bits per heavy atom. The average molecular weight is 364 g/mol. The highest BCUT2D eigenvalue weighted by Gasteiger charge is 2.47. The molecule has 0 radical (unpaired) electrons. The summed E-state index contributed by atoms with van der Waals surface area (Å²) in [7, 11) is 1.53. The Balaban J connectivity index is 1.67. The number of halogens is 1. The summed E-state index contributed by atoms with van der Waals surface area (Å²) in [5.74, 6) is -0.130. The molecule has 1 aliphatic heterocycles. The first-order valence-corrected chi connectivity index (χ1v) is 9.51. The van der Waals surface area contributed by atoms with Gasteiger partial charge in [-0.15, -0.1) is 0 Å². The van der Waals surface area contributed by atoms with E-state index in [0.717, 1.165) is 25.7 Å². The van der Waals surface area contributed by atoms with Crippen molar-refractivity contribution in [3.05, 3.63) is 29.6 Å². The zero-order valence-electron chi connectivity index (χ0n) is 15.7. The predicted octanol–water partition coefficient (Wildman–Crippen LogP) is 2.61. The monoisotopic (exact) mass is 364 g/mol. The summed E-state index contributed by atoms with van der Waals surface area (Å²) < 4.78 is 19.3. The lowest BCUT2D eigenvalue weighted by atomic mass is 9.90. The quantitative estimate of drug-likeness (QED) is 0.744. The summed E-state index contributed by atoms with van der Waals surface area (Å²) in [6, 6.07) is 4.51. The van der Waals surface area contributed by atoms with Crippen molar-refractivity contribution in [1.82, 2.24) is 10.2 Å². The topological polar surface area (TPSA) is 61.8 Å². The van der Waals surface area contributed by atoms with Crippen molar-refractivity contribution in [3.8, 4) is 5.75 Å². The molecular weight excluding hydrogens is 335 g/mol. The molecule has 0 aromatic heterocycles. The van der Waals surface area contributed by atoms with Gasteiger partial charge in [-0.3, -0.25) is 4.79 Å². The number of piperidine rings is 1. The SMILES string of the molecule is CCCC1(NCC2(O)CCCN(Cc3cc(OC)ccc3F)C2=O)CC1. The standard InChI is InChI=1S/C20H29FN2O3/c1-3-7-19(9-10-19)22-14-20(25)8-4-11-23(18(20)24)13-15-12-16(26-2)5-6-17(15)21/h5-6,12,22,25H,3-4,7-11,13-14H2,1-2H3. The van der Waals surface area contributed by atoms with E-state index in [1.54, 1.807) is 17.0 Å². The normalized spacial score (nSPS) is 24.6. The molecule has 1 unspecified atom stereocenters. The molecule has 0 spiro atoms. The number of hydrogen-bond acceptors (Lipinski definition) is 4. The highest BCUT2D eigenvalue weighted by Crippen LogP contribution is 2.40. The van der Waals surface area contributed by atoms with Crippen LogP contribution in [0.3, 0.4) is 0 Å². The molecule has 1 heterocycles. The zero-order chi connectivity index (χ0) is 18.8. The second-order valence-corrected chi connectivity index (χ2v) is 7.70. The van der Waals surface area contributed by atoms with Gasteiger partial charge in [-0.2, -0.15) is 0 Å². The van der Waals surface area contributed by atoms with Crippen LogP contribution in [0, 0.1) is 5.82 Å². The molecule has 1 aromatic carbocycles. The third-order valence-corrected chi connectivity index (χ3v) is 5.66. The number of methoxy groups -OCH3 is 1. The van der Waals surface area contributed by atoms with Crippen LogP contribution in [0.15, 0.2) is 18.2 Å². The molecule has 1 saturated heterocycles. The van der Waals surface area contributed by atoms with Crippen LogP contribution in [-0.4, -0.2) is 47.3 Å². The minimum atomic E-state index is -1.41. The molecule has 2 fully saturated rings. The van der Waals surface area contributed by atoms with Gasteiger partial charge < -0.3 is 20.1 Å². The summed E-state index contributed by atoms with van der Waals surface area (Å²) in [6.07, 6.45) is 5.50. The number of nitrogens with one attached hydrogen (secondary N) is 1. The number of rotatable bonds is 8. The second-order valence-electron chi connectivity index (χ2n) is 7.70. The van der Waals surface area contributed by atoms with E-state index in [0.29, 0.717) is 30.7 Å². The molecule has 1 atom stereocenters. The van der Waals surface area contributed by atoms with Gasteiger partial charge >= 0.3 is 0 Å². The molecule has 1 saturated carbocycles. The van der Waals surface area contributed by atoms with Gasteiger partial charge in [-0.05, 0) is 50.3 Å². The lowest BCUT2D eigenvalue weighted by Crippen LogP contribution is -2.59. The highest BCUT2D eigenvalue weighted by atomic mass is 19.1. The number of likely N-dealkylation sites (tertiary alicyclic amines) is 1. The number of ether oxygens (including phenoxy) is 1. The van der Waals surface area contributed by atoms with E-state index >= 15 is 0 Å². The highest BCUT2D eigenvalue weighted by molar-refractivity contribution is 5.86. The summed E-state index contributed by atoms with van der Waals surface area (Å²) in [5.41, 5.74) is -0.900. The molecule has 144 valence electrons. The Kier molecular flexibility index (Phi) is 5.53. The van der Waals surface area contributed by atoms with Crippen molar-refractivity contribution >= 4 is 5.91 Å². The fourth-order valence-corrected chi connectivity index (χ4v) is 3.86. The summed E-state index contributed by atoms with van der Waals surface area (Å²) in [5, 5.41) is 14.4. The van der Waals surface area contributed by atoms with Gasteiger partial charge in [-0.25, -0.2) is 4.39 Å². The number of aliphatic hydroxyl groups is 1. The maximum atomic E-state index is 14.1. The van der Waals surface area contributed by atoms with Crippen LogP contribution >= 0.6 is 0 Å². The molecule has 2 N–H and O–H groups in total. The Morgan fingerprint density at radius 2 is 2.12 bits per heavy atom. The van der Waals surface area contributed by atoms with Gasteiger partial charge in [0.15, 0.2) is 5.60 Å². The number of nitrogens with zero attached hydrogens (tertiary/aromatic N) is 1. The Morgan fingerprint density at radius 1 is 1.35 bits per heavy atom. The van der Waals surface area contributed by atoms with E-state index in [2.05, 4.69) is 12.2 Å². The predicted molar refractivity (Wildman–Crippen MR) is 97.4 cm³/mol. The van der Waals surface area contributed by atoms with Gasteiger partial charge in [0.05, 0.1) is 7.11 Å². The smallest absolute Gasteiger partial charge is 0.256 e. The zero-order valence-corrected chi connectivity index (χ0v) is 15.7.